The van der Waals surface area contributed by atoms with Crippen LogP contribution in [-0.4, -0.2) is 92.9 Å². The van der Waals surface area contributed by atoms with Crippen molar-refractivity contribution in [3.8, 4) is 0 Å². The van der Waals surface area contributed by atoms with Crippen molar-refractivity contribution in [2.24, 2.45) is 0 Å². The van der Waals surface area contributed by atoms with E-state index in [0.29, 0.717) is 23.4 Å². The number of nitrogens with zero attached hydrogens (tertiary/aromatic N) is 2. The summed E-state index contributed by atoms with van der Waals surface area (Å²) in [5.74, 6) is -2.07. The van der Waals surface area contributed by atoms with E-state index in [-0.39, 0.29) is 66.6 Å². The fourth-order valence-corrected chi connectivity index (χ4v) is 6.74. The van der Waals surface area contributed by atoms with Crippen LogP contribution in [0.15, 0.2) is 107 Å². The Hall–Kier alpha value is -3.50. The number of ether oxygens (including phenoxy) is 2. The first-order valence-corrected chi connectivity index (χ1v) is 15.3. The number of allylic oxidation sites excluding steroid dienone is 2. The predicted molar refractivity (Wildman–Crippen MR) is 177 cm³/mol. The predicted octanol–water partition coefficient (Wildman–Crippen LogP) is 5.64. The van der Waals surface area contributed by atoms with Gasteiger partial charge in [-0.15, -0.1) is 0 Å². The Balaban J connectivity index is 0.00000480. The zero-order valence-electron chi connectivity index (χ0n) is 26.7. The van der Waals surface area contributed by atoms with E-state index < -0.39 is 22.8 Å². The molecule has 0 unspecified atom stereocenters. The minimum Gasteiger partial charge on any atom is -0.466 e. The maximum Gasteiger partial charge on any atom is 2.00 e. The normalized spacial score (nSPS) is 17.8. The summed E-state index contributed by atoms with van der Waals surface area (Å²) in [5.41, 5.74) is 4.42. The Kier molecular flexibility index (Phi) is 12.2. The zero-order chi connectivity index (χ0) is 32.0. The number of hydrogen-bond donors (Lipinski definition) is 1. The smallest absolute Gasteiger partial charge is 0.466 e. The number of likely N-dealkylation sites (tertiary alicyclic amines) is 1. The number of non-ortho nitro benzene ring substituents is 1. The molecule has 10 heteroatoms. The third-order valence-electron chi connectivity index (χ3n) is 9.01. The quantitative estimate of drug-likeness (QED) is 0.0989. The van der Waals surface area contributed by atoms with Gasteiger partial charge in [0.1, 0.15) is 0 Å². The van der Waals surface area contributed by atoms with Crippen LogP contribution in [0.2, 0.25) is 0 Å². The number of nitro groups is 1. The number of methoxy groups -OCH3 is 1. The number of carbonyl (C=O) groups is 2. The van der Waals surface area contributed by atoms with Crippen LogP contribution in [0, 0.1) is 10.1 Å². The number of dihydropyridines is 1. The van der Waals surface area contributed by atoms with Crippen LogP contribution in [0.5, 0.6) is 0 Å². The molecule has 2 aliphatic heterocycles. The second-order valence-corrected chi connectivity index (χ2v) is 11.6. The van der Waals surface area contributed by atoms with Gasteiger partial charge in [0, 0.05) is 35.5 Å². The van der Waals surface area contributed by atoms with Gasteiger partial charge in [-0.2, -0.15) is 0 Å². The average Bonchev–Trinajstić information content (AvgIpc) is 3.07. The molecular weight excluding hydrogens is 610 g/mol. The van der Waals surface area contributed by atoms with Gasteiger partial charge in [0.25, 0.3) is 5.69 Å². The first-order chi connectivity index (χ1) is 21.7. The van der Waals surface area contributed by atoms with Gasteiger partial charge in [-0.3, -0.25) is 10.1 Å². The summed E-state index contributed by atoms with van der Waals surface area (Å²) in [7, 11) is 1.26. The molecule has 2 aliphatic rings. The van der Waals surface area contributed by atoms with Crippen molar-refractivity contribution < 1.29 is 24.0 Å². The minimum atomic E-state index is -0.878. The summed E-state index contributed by atoms with van der Waals surface area (Å²) < 4.78 is 10.8. The van der Waals surface area contributed by atoms with Gasteiger partial charge in [0.05, 0.1) is 35.7 Å². The first kappa shape index (κ1) is 35.4. The summed E-state index contributed by atoms with van der Waals surface area (Å²) in [6.07, 6.45) is 2.63. The van der Waals surface area contributed by atoms with Crippen LogP contribution in [0.3, 0.4) is 0 Å². The summed E-state index contributed by atoms with van der Waals surface area (Å²) >= 11 is 0. The second-order valence-electron chi connectivity index (χ2n) is 11.6. The molecule has 2 heterocycles. The minimum absolute atomic E-state index is 0. The van der Waals surface area contributed by atoms with Crippen LogP contribution in [0.4, 0.5) is 5.69 Å². The number of nitro benzene ring substituents is 1. The molecule has 5 rings (SSSR count). The van der Waals surface area contributed by atoms with E-state index in [4.69, 9.17) is 9.47 Å². The van der Waals surface area contributed by atoms with Crippen molar-refractivity contribution in [1.29, 1.82) is 0 Å². The number of nitrogens with one attached hydrogen (secondary N) is 1. The molecule has 1 atom stereocenters. The fourth-order valence-electron chi connectivity index (χ4n) is 6.74. The zero-order valence-corrected chi connectivity index (χ0v) is 28.9. The van der Waals surface area contributed by atoms with Crippen LogP contribution in [0.1, 0.15) is 55.7 Å². The van der Waals surface area contributed by atoms with Gasteiger partial charge in [0.15, 0.2) is 0 Å². The first-order valence-electron chi connectivity index (χ1n) is 15.3. The monoisotopic (exact) mass is 649 g/mol. The van der Waals surface area contributed by atoms with E-state index in [0.717, 1.165) is 32.5 Å². The van der Waals surface area contributed by atoms with Crippen molar-refractivity contribution in [2.45, 2.75) is 44.4 Å². The molecule has 0 radical (unpaired) electrons. The van der Waals surface area contributed by atoms with E-state index in [1.807, 2.05) is 0 Å². The number of rotatable bonds is 10. The van der Waals surface area contributed by atoms with Gasteiger partial charge in [-0.25, -0.2) is 9.59 Å². The van der Waals surface area contributed by atoms with Crippen LogP contribution >= 0.6 is 0 Å². The van der Waals surface area contributed by atoms with Crippen LogP contribution in [-0.2, 0) is 24.5 Å². The second kappa shape index (κ2) is 15.9. The average molecular weight is 650 g/mol. The summed E-state index contributed by atoms with van der Waals surface area (Å²) in [5, 5.41) is 14.6. The molecule has 0 aromatic heterocycles. The van der Waals surface area contributed by atoms with Crippen molar-refractivity contribution in [2.75, 3.05) is 33.4 Å². The Morgan fingerprint density at radius 3 is 2.00 bits per heavy atom. The van der Waals surface area contributed by atoms with Gasteiger partial charge >= 0.3 is 49.7 Å². The Morgan fingerprint density at radius 1 is 0.891 bits per heavy atom. The molecule has 1 N–H and O–H groups in total. The molecular formula is C36H39CaN3O6+2. The molecule has 0 amide bonds. The maximum absolute atomic E-state index is 13.6. The maximum atomic E-state index is 13.6. The van der Waals surface area contributed by atoms with E-state index in [1.54, 1.807) is 26.0 Å². The summed E-state index contributed by atoms with van der Waals surface area (Å²) in [6, 6.07) is 27.4. The van der Waals surface area contributed by atoms with Crippen LogP contribution < -0.4 is 5.32 Å². The molecule has 3 aromatic rings. The number of esters is 2. The molecule has 9 nitrogen and oxygen atoms in total. The molecule has 0 bridgehead atoms. The largest absolute Gasteiger partial charge is 2.00 e. The SMILES string of the molecule is COC(=O)C1=C(C)NC(C)=C(C(=O)OCCCN2CCC(c3ccccc3)(c3ccccc3)CC2)[C@H]1c1cccc([N+](=O)[O-])c1.[Ca+2]. The van der Waals surface area contributed by atoms with Crippen molar-refractivity contribution >= 4 is 55.4 Å². The fraction of sp³-hybridized carbons (Fsp3) is 0.333. The molecule has 234 valence electrons. The summed E-state index contributed by atoms with van der Waals surface area (Å²) in [6.45, 7) is 6.28. The van der Waals surface area contributed by atoms with E-state index in [9.17, 15) is 19.7 Å². The number of piperidine rings is 1. The van der Waals surface area contributed by atoms with E-state index >= 15 is 0 Å². The van der Waals surface area contributed by atoms with Gasteiger partial charge in [-0.1, -0.05) is 72.8 Å². The van der Waals surface area contributed by atoms with Crippen LogP contribution in [0.25, 0.3) is 0 Å². The molecule has 3 aromatic carbocycles. The van der Waals surface area contributed by atoms with Gasteiger partial charge in [-0.05, 0) is 62.9 Å². The molecule has 0 saturated carbocycles. The Bertz CT molecular complexity index is 1570. The van der Waals surface area contributed by atoms with Crippen molar-refractivity contribution in [3.63, 3.8) is 0 Å². The van der Waals surface area contributed by atoms with Gasteiger partial charge < -0.3 is 19.7 Å². The Morgan fingerprint density at radius 2 is 1.46 bits per heavy atom. The topological polar surface area (TPSA) is 111 Å². The molecule has 0 spiro atoms. The third kappa shape index (κ3) is 7.55. The summed E-state index contributed by atoms with van der Waals surface area (Å²) in [4.78, 5) is 39.9. The van der Waals surface area contributed by atoms with Crippen molar-refractivity contribution in [1.82, 2.24) is 10.2 Å². The molecule has 1 fully saturated rings. The third-order valence-corrected chi connectivity index (χ3v) is 9.01. The molecule has 0 aliphatic carbocycles. The van der Waals surface area contributed by atoms with E-state index in [1.165, 1.54) is 30.4 Å². The molecule has 46 heavy (non-hydrogen) atoms. The molecule has 1 saturated heterocycles. The van der Waals surface area contributed by atoms with Crippen molar-refractivity contribution in [3.05, 3.63) is 134 Å². The standard InChI is InChI=1S/C36H39N3O6.Ca/c1-25-31(34(40)44-3)33(27-12-10-17-30(24-27)39(42)43)32(26(2)37-25)35(41)45-23-11-20-38-21-18-36(19-22-38,28-13-6-4-7-14-28)29-15-8-5-9-16-29;/h4-10,12-17,24,33,37H,11,18-23H2,1-3H3;/q;+2/t33-;/m0./s1. The number of hydrogen-bond acceptors (Lipinski definition) is 8. The van der Waals surface area contributed by atoms with E-state index in [2.05, 4.69) is 70.9 Å². The Labute approximate surface area is 299 Å². The number of carbonyl (C=O) groups excluding carboxylic acids is 2. The number of benzene rings is 3. The van der Waals surface area contributed by atoms with Gasteiger partial charge in [0.2, 0.25) is 0 Å².